The summed E-state index contributed by atoms with van der Waals surface area (Å²) in [5, 5.41) is 0. The quantitative estimate of drug-likeness (QED) is 0.531. The lowest BCUT2D eigenvalue weighted by molar-refractivity contribution is -0.0659. The molecule has 0 aromatic heterocycles. The Balaban J connectivity index is 1.53. The molecular formula is C23H38O. The molecule has 2 aliphatic carbocycles. The highest BCUT2D eigenvalue weighted by atomic mass is 16.5. The molecule has 136 valence electrons. The predicted molar refractivity (Wildman–Crippen MR) is 103 cm³/mol. The van der Waals surface area contributed by atoms with Crippen LogP contribution in [0.5, 0.6) is 0 Å². The van der Waals surface area contributed by atoms with Gasteiger partial charge >= 0.3 is 0 Å². The number of hydrogen-bond acceptors (Lipinski definition) is 1. The van der Waals surface area contributed by atoms with Crippen molar-refractivity contribution >= 4 is 0 Å². The molecule has 1 heteroatoms. The van der Waals surface area contributed by atoms with E-state index in [2.05, 4.69) is 39.8 Å². The molecule has 1 aliphatic heterocycles. The van der Waals surface area contributed by atoms with E-state index in [4.69, 9.17) is 4.74 Å². The molecular weight excluding hydrogens is 292 g/mol. The Kier molecular flexibility index (Phi) is 6.24. The van der Waals surface area contributed by atoms with Crippen LogP contribution in [0.25, 0.3) is 0 Å². The lowest BCUT2D eigenvalue weighted by Gasteiger charge is -2.42. The molecule has 1 fully saturated rings. The van der Waals surface area contributed by atoms with Gasteiger partial charge in [-0.3, -0.25) is 0 Å². The maximum Gasteiger partial charge on any atom is 0.0581 e. The van der Waals surface area contributed by atoms with Gasteiger partial charge in [0, 0.05) is 6.61 Å². The van der Waals surface area contributed by atoms with E-state index in [0.29, 0.717) is 6.10 Å². The molecule has 1 heterocycles. The molecule has 0 aromatic rings. The van der Waals surface area contributed by atoms with Crippen molar-refractivity contribution < 1.29 is 4.74 Å². The van der Waals surface area contributed by atoms with Crippen molar-refractivity contribution in [3.8, 4) is 0 Å². The first kappa shape index (κ1) is 18.2. The highest BCUT2D eigenvalue weighted by Gasteiger charge is 2.36. The number of rotatable bonds is 4. The monoisotopic (exact) mass is 330 g/mol. The molecule has 1 nitrogen and oxygen atoms in total. The number of allylic oxidation sites excluding steroid dienone is 4. The third kappa shape index (κ3) is 4.54. The second-order valence-corrected chi connectivity index (χ2v) is 9.20. The van der Waals surface area contributed by atoms with Crippen molar-refractivity contribution in [1.82, 2.24) is 0 Å². The maximum absolute atomic E-state index is 6.26. The minimum absolute atomic E-state index is 0.445. The summed E-state index contributed by atoms with van der Waals surface area (Å²) in [5.41, 5.74) is 3.25. The highest BCUT2D eigenvalue weighted by Crippen LogP contribution is 2.42. The Morgan fingerprint density at radius 3 is 2.54 bits per heavy atom. The minimum Gasteiger partial charge on any atom is -0.378 e. The Morgan fingerprint density at radius 1 is 1.00 bits per heavy atom. The second kappa shape index (κ2) is 8.21. The van der Waals surface area contributed by atoms with Crippen molar-refractivity contribution in [1.29, 1.82) is 0 Å². The average molecular weight is 331 g/mol. The van der Waals surface area contributed by atoms with Gasteiger partial charge < -0.3 is 4.74 Å². The standard InChI is InChI=1S/C23H38O/c1-16-6-9-20(10-7-16)11-12-21-14-23(19(4)24-15-21)22-13-17(2)5-8-18(22)3/h6,8,17,19-23H,5,7,9-15H2,1-4H3. The van der Waals surface area contributed by atoms with Gasteiger partial charge in [-0.1, -0.05) is 30.2 Å². The average Bonchev–Trinajstić information content (AvgIpc) is 2.58. The largest absolute Gasteiger partial charge is 0.378 e. The molecule has 1 saturated heterocycles. The van der Waals surface area contributed by atoms with E-state index in [9.17, 15) is 0 Å². The zero-order chi connectivity index (χ0) is 17.1. The van der Waals surface area contributed by atoms with Crippen molar-refractivity contribution in [3.63, 3.8) is 0 Å². The lowest BCUT2D eigenvalue weighted by Crippen LogP contribution is -2.38. The van der Waals surface area contributed by atoms with Gasteiger partial charge in [0.1, 0.15) is 0 Å². The van der Waals surface area contributed by atoms with E-state index < -0.39 is 0 Å². The molecule has 0 bridgehead atoms. The third-order valence-electron chi connectivity index (χ3n) is 7.13. The molecule has 0 radical (unpaired) electrons. The highest BCUT2D eigenvalue weighted by molar-refractivity contribution is 5.11. The molecule has 6 unspecified atom stereocenters. The topological polar surface area (TPSA) is 9.23 Å². The maximum atomic E-state index is 6.26. The third-order valence-corrected chi connectivity index (χ3v) is 7.13. The predicted octanol–water partition coefficient (Wildman–Crippen LogP) is 6.55. The van der Waals surface area contributed by atoms with E-state index >= 15 is 0 Å². The van der Waals surface area contributed by atoms with E-state index in [-0.39, 0.29) is 0 Å². The summed E-state index contributed by atoms with van der Waals surface area (Å²) in [6, 6.07) is 0. The second-order valence-electron chi connectivity index (χ2n) is 9.20. The van der Waals surface area contributed by atoms with Crippen LogP contribution in [0.4, 0.5) is 0 Å². The zero-order valence-corrected chi connectivity index (χ0v) is 16.4. The van der Waals surface area contributed by atoms with Gasteiger partial charge in [0.25, 0.3) is 0 Å². The molecule has 0 N–H and O–H groups in total. The fourth-order valence-corrected chi connectivity index (χ4v) is 5.27. The summed E-state index contributed by atoms with van der Waals surface area (Å²) in [6.45, 7) is 10.4. The SMILES string of the molecule is CC1=CCC(CCC2COC(C)C(C3CC(C)CC=C3C)C2)CC1. The van der Waals surface area contributed by atoms with E-state index in [1.807, 2.05) is 0 Å². The van der Waals surface area contributed by atoms with Crippen LogP contribution in [-0.2, 0) is 4.74 Å². The van der Waals surface area contributed by atoms with Crippen LogP contribution < -0.4 is 0 Å². The smallest absolute Gasteiger partial charge is 0.0581 e. The summed E-state index contributed by atoms with van der Waals surface area (Å²) < 4.78 is 6.26. The van der Waals surface area contributed by atoms with Gasteiger partial charge in [-0.15, -0.1) is 0 Å². The van der Waals surface area contributed by atoms with E-state index in [0.717, 1.165) is 36.2 Å². The Hall–Kier alpha value is -0.560. The van der Waals surface area contributed by atoms with Gasteiger partial charge in [0.15, 0.2) is 0 Å². The first-order valence-electron chi connectivity index (χ1n) is 10.5. The minimum atomic E-state index is 0.445. The molecule has 0 saturated carbocycles. The van der Waals surface area contributed by atoms with Gasteiger partial charge in [-0.05, 0) is 102 Å². The van der Waals surface area contributed by atoms with Crippen molar-refractivity contribution in [2.45, 2.75) is 85.2 Å². The first-order chi connectivity index (χ1) is 11.5. The van der Waals surface area contributed by atoms with Crippen molar-refractivity contribution in [2.24, 2.45) is 29.6 Å². The van der Waals surface area contributed by atoms with Gasteiger partial charge in [0.2, 0.25) is 0 Å². The first-order valence-corrected chi connectivity index (χ1v) is 10.5. The van der Waals surface area contributed by atoms with Crippen LogP contribution in [-0.4, -0.2) is 12.7 Å². The van der Waals surface area contributed by atoms with Crippen LogP contribution in [0, 0.1) is 29.6 Å². The Labute approximate surface area is 149 Å². The molecule has 0 aromatic carbocycles. The normalized spacial score (nSPS) is 40.8. The van der Waals surface area contributed by atoms with Gasteiger partial charge in [-0.2, -0.15) is 0 Å². The Bertz CT molecular complexity index is 474. The zero-order valence-electron chi connectivity index (χ0n) is 16.4. The summed E-state index contributed by atoms with van der Waals surface area (Å²) in [7, 11) is 0. The molecule has 3 rings (SSSR count). The van der Waals surface area contributed by atoms with Crippen LogP contribution in [0.1, 0.15) is 79.1 Å². The molecule has 3 aliphatic rings. The summed E-state index contributed by atoms with van der Waals surface area (Å²) in [5.74, 6) is 4.10. The number of hydrogen-bond donors (Lipinski definition) is 0. The lowest BCUT2D eigenvalue weighted by atomic mass is 9.69. The van der Waals surface area contributed by atoms with Crippen molar-refractivity contribution in [3.05, 3.63) is 23.3 Å². The summed E-state index contributed by atoms with van der Waals surface area (Å²) in [4.78, 5) is 0. The van der Waals surface area contributed by atoms with E-state index in [1.165, 1.54) is 51.4 Å². The van der Waals surface area contributed by atoms with Crippen LogP contribution in [0.3, 0.4) is 0 Å². The van der Waals surface area contributed by atoms with Crippen LogP contribution in [0.15, 0.2) is 23.3 Å². The fourth-order valence-electron chi connectivity index (χ4n) is 5.27. The van der Waals surface area contributed by atoms with Crippen LogP contribution in [0.2, 0.25) is 0 Å². The number of ether oxygens (including phenoxy) is 1. The summed E-state index contributed by atoms with van der Waals surface area (Å²) >= 11 is 0. The van der Waals surface area contributed by atoms with E-state index in [1.54, 1.807) is 11.1 Å². The molecule has 0 spiro atoms. The molecule has 0 amide bonds. The Morgan fingerprint density at radius 2 is 1.79 bits per heavy atom. The van der Waals surface area contributed by atoms with Gasteiger partial charge in [-0.25, -0.2) is 0 Å². The molecule has 24 heavy (non-hydrogen) atoms. The fraction of sp³-hybridized carbons (Fsp3) is 0.826. The summed E-state index contributed by atoms with van der Waals surface area (Å²) in [6.07, 6.45) is 16.3. The van der Waals surface area contributed by atoms with Gasteiger partial charge in [0.05, 0.1) is 6.10 Å². The van der Waals surface area contributed by atoms with Crippen molar-refractivity contribution in [2.75, 3.05) is 6.61 Å². The van der Waals surface area contributed by atoms with Crippen LogP contribution >= 0.6 is 0 Å². The molecule has 6 atom stereocenters.